The second-order valence-electron chi connectivity index (χ2n) is 4.63. The summed E-state index contributed by atoms with van der Waals surface area (Å²) in [4.78, 5) is 7.36. The van der Waals surface area contributed by atoms with E-state index < -0.39 is 0 Å². The summed E-state index contributed by atoms with van der Waals surface area (Å²) >= 11 is 0. The van der Waals surface area contributed by atoms with Gasteiger partial charge in [0.25, 0.3) is 0 Å². The molecule has 2 aromatic carbocycles. The van der Waals surface area contributed by atoms with Crippen LogP contribution in [-0.2, 0) is 6.42 Å². The number of nitrogens with zero attached hydrogens (tertiary/aromatic N) is 1. The number of benzene rings is 2. The van der Waals surface area contributed by atoms with Crippen molar-refractivity contribution in [1.82, 2.24) is 9.97 Å². The highest BCUT2D eigenvalue weighted by molar-refractivity contribution is 7.73. The lowest BCUT2D eigenvalue weighted by Crippen LogP contribution is -2.14. The zero-order valence-electron chi connectivity index (χ0n) is 11.2. The second-order valence-corrected chi connectivity index (χ2v) is 6.97. The van der Waals surface area contributed by atoms with Crippen LogP contribution in [-0.4, -0.2) is 16.1 Å². The molecule has 0 aliphatic heterocycles. The third-order valence-corrected chi connectivity index (χ3v) is 5.80. The van der Waals surface area contributed by atoms with E-state index in [9.17, 15) is 0 Å². The van der Waals surface area contributed by atoms with Gasteiger partial charge in [-0.15, -0.1) is 0 Å². The van der Waals surface area contributed by atoms with E-state index in [1.54, 1.807) is 6.33 Å². The zero-order chi connectivity index (χ0) is 13.6. The van der Waals surface area contributed by atoms with E-state index in [0.29, 0.717) is 0 Å². The summed E-state index contributed by atoms with van der Waals surface area (Å²) in [5, 5.41) is 2.87. The van der Waals surface area contributed by atoms with Gasteiger partial charge in [0.15, 0.2) is 0 Å². The maximum Gasteiger partial charge on any atom is 0.0923 e. The number of rotatable bonds is 5. The van der Waals surface area contributed by atoms with Crippen molar-refractivity contribution in [2.45, 2.75) is 6.42 Å². The number of aromatic nitrogens is 2. The Morgan fingerprint density at radius 1 is 0.850 bits per heavy atom. The molecule has 100 valence electrons. The van der Waals surface area contributed by atoms with Gasteiger partial charge in [0.2, 0.25) is 0 Å². The number of imidazole rings is 1. The lowest BCUT2D eigenvalue weighted by molar-refractivity contribution is 1.07. The van der Waals surface area contributed by atoms with Crippen molar-refractivity contribution >= 4 is 18.5 Å². The van der Waals surface area contributed by atoms with Crippen LogP contribution in [0.3, 0.4) is 0 Å². The Morgan fingerprint density at radius 2 is 1.45 bits per heavy atom. The molecule has 2 nitrogen and oxygen atoms in total. The normalized spacial score (nSPS) is 10.8. The molecular formula is C17H17N2P. The maximum atomic E-state index is 4.33. The molecule has 0 aliphatic carbocycles. The highest BCUT2D eigenvalue weighted by atomic mass is 31.1. The molecule has 3 aromatic rings. The van der Waals surface area contributed by atoms with Crippen LogP contribution in [0.4, 0.5) is 0 Å². The van der Waals surface area contributed by atoms with E-state index in [1.807, 2.05) is 6.20 Å². The van der Waals surface area contributed by atoms with E-state index in [-0.39, 0.29) is 7.92 Å². The minimum atomic E-state index is -0.310. The molecule has 0 saturated carbocycles. The zero-order valence-corrected chi connectivity index (χ0v) is 12.1. The van der Waals surface area contributed by atoms with Crippen LogP contribution in [0.15, 0.2) is 73.2 Å². The first kappa shape index (κ1) is 13.1. The van der Waals surface area contributed by atoms with Crippen molar-refractivity contribution in [3.05, 3.63) is 78.9 Å². The van der Waals surface area contributed by atoms with Gasteiger partial charge in [-0.2, -0.15) is 0 Å². The number of nitrogens with one attached hydrogen (secondary N) is 1. The average Bonchev–Trinajstić information content (AvgIpc) is 3.03. The van der Waals surface area contributed by atoms with Crippen LogP contribution in [0.5, 0.6) is 0 Å². The average molecular weight is 280 g/mol. The van der Waals surface area contributed by atoms with E-state index >= 15 is 0 Å². The molecule has 20 heavy (non-hydrogen) atoms. The second kappa shape index (κ2) is 6.49. The smallest absolute Gasteiger partial charge is 0.0923 e. The number of aryl methyl sites for hydroxylation is 1. The summed E-state index contributed by atoms with van der Waals surface area (Å²) in [6.45, 7) is 0. The SMILES string of the molecule is c1ccc(P(CCc2c[nH]cn2)c2ccccc2)cc1. The molecule has 0 unspecified atom stereocenters. The van der Waals surface area contributed by atoms with Crippen LogP contribution in [0.2, 0.25) is 0 Å². The van der Waals surface area contributed by atoms with Gasteiger partial charge in [-0.05, 0) is 31.1 Å². The summed E-state index contributed by atoms with van der Waals surface area (Å²) in [5.74, 6) is 0. The third-order valence-electron chi connectivity index (χ3n) is 3.28. The summed E-state index contributed by atoms with van der Waals surface area (Å²) < 4.78 is 0. The van der Waals surface area contributed by atoms with Gasteiger partial charge in [0.05, 0.1) is 12.0 Å². The Bertz CT molecular complexity index is 581. The topological polar surface area (TPSA) is 28.7 Å². The Morgan fingerprint density at radius 3 is 1.95 bits per heavy atom. The van der Waals surface area contributed by atoms with E-state index in [0.717, 1.165) is 18.3 Å². The fourth-order valence-corrected chi connectivity index (χ4v) is 4.61. The molecule has 0 amide bonds. The van der Waals surface area contributed by atoms with Crippen LogP contribution >= 0.6 is 7.92 Å². The van der Waals surface area contributed by atoms with Gasteiger partial charge < -0.3 is 4.98 Å². The quantitative estimate of drug-likeness (QED) is 0.715. The highest BCUT2D eigenvalue weighted by Gasteiger charge is 2.13. The minimum Gasteiger partial charge on any atom is -0.351 e. The number of hydrogen-bond acceptors (Lipinski definition) is 1. The Balaban J connectivity index is 1.84. The molecule has 1 aromatic heterocycles. The van der Waals surface area contributed by atoms with Gasteiger partial charge in [0, 0.05) is 6.20 Å². The highest BCUT2D eigenvalue weighted by Crippen LogP contribution is 2.33. The summed E-state index contributed by atoms with van der Waals surface area (Å²) in [6.07, 6.45) is 5.89. The van der Waals surface area contributed by atoms with Crippen LogP contribution in [0.1, 0.15) is 5.69 Å². The van der Waals surface area contributed by atoms with Crippen molar-refractivity contribution in [1.29, 1.82) is 0 Å². The van der Waals surface area contributed by atoms with Crippen LogP contribution < -0.4 is 10.6 Å². The largest absolute Gasteiger partial charge is 0.351 e. The predicted molar refractivity (Wildman–Crippen MR) is 86.2 cm³/mol. The molecule has 0 saturated heterocycles. The fourth-order valence-electron chi connectivity index (χ4n) is 2.28. The van der Waals surface area contributed by atoms with E-state index in [1.165, 1.54) is 10.6 Å². The molecule has 0 spiro atoms. The fraction of sp³-hybridized carbons (Fsp3) is 0.118. The third kappa shape index (κ3) is 3.15. The molecule has 0 atom stereocenters. The molecule has 1 heterocycles. The summed E-state index contributed by atoms with van der Waals surface area (Å²) in [7, 11) is -0.310. The summed E-state index contributed by atoms with van der Waals surface area (Å²) in [5.41, 5.74) is 1.14. The van der Waals surface area contributed by atoms with E-state index in [2.05, 4.69) is 70.6 Å². The van der Waals surface area contributed by atoms with Crippen molar-refractivity contribution in [3.8, 4) is 0 Å². The van der Waals surface area contributed by atoms with Crippen molar-refractivity contribution in [2.75, 3.05) is 6.16 Å². The molecule has 3 rings (SSSR count). The molecule has 1 N–H and O–H groups in total. The van der Waals surface area contributed by atoms with Gasteiger partial charge in [-0.1, -0.05) is 60.7 Å². The van der Waals surface area contributed by atoms with Gasteiger partial charge in [-0.25, -0.2) is 4.98 Å². The lowest BCUT2D eigenvalue weighted by Gasteiger charge is -2.18. The van der Waals surface area contributed by atoms with Crippen molar-refractivity contribution in [3.63, 3.8) is 0 Å². The van der Waals surface area contributed by atoms with Gasteiger partial charge in [0.1, 0.15) is 0 Å². The minimum absolute atomic E-state index is 0.310. The number of hydrogen-bond donors (Lipinski definition) is 1. The van der Waals surface area contributed by atoms with Crippen molar-refractivity contribution in [2.24, 2.45) is 0 Å². The maximum absolute atomic E-state index is 4.33. The molecule has 3 heteroatoms. The molecule has 0 aliphatic rings. The van der Waals surface area contributed by atoms with Gasteiger partial charge in [-0.3, -0.25) is 0 Å². The Hall–Kier alpha value is -1.92. The molecule has 0 bridgehead atoms. The van der Waals surface area contributed by atoms with E-state index in [4.69, 9.17) is 0 Å². The molecule has 0 fully saturated rings. The monoisotopic (exact) mass is 280 g/mol. The first-order valence-corrected chi connectivity index (χ1v) is 8.31. The number of aromatic amines is 1. The number of H-pyrrole nitrogens is 1. The summed E-state index contributed by atoms with van der Waals surface area (Å²) in [6, 6.07) is 21.6. The van der Waals surface area contributed by atoms with Gasteiger partial charge >= 0.3 is 0 Å². The Kier molecular flexibility index (Phi) is 4.25. The predicted octanol–water partition coefficient (Wildman–Crippen LogP) is 3.09. The van der Waals surface area contributed by atoms with Crippen LogP contribution in [0.25, 0.3) is 0 Å². The standard InChI is InChI=1S/C17H17N2P/c1-3-7-16(8-4-1)20(17-9-5-2-6-10-17)12-11-15-13-18-14-19-15/h1-10,13-14H,11-12H2,(H,18,19). The van der Waals surface area contributed by atoms with Crippen LogP contribution in [0, 0.1) is 0 Å². The first-order valence-electron chi connectivity index (χ1n) is 6.79. The molecule has 0 radical (unpaired) electrons. The first-order chi connectivity index (χ1) is 9.93. The lowest BCUT2D eigenvalue weighted by atomic mass is 10.4. The van der Waals surface area contributed by atoms with Crippen molar-refractivity contribution < 1.29 is 0 Å². The molecular weight excluding hydrogens is 263 g/mol. The Labute approximate surface area is 120 Å².